The first-order valence-corrected chi connectivity index (χ1v) is 10.2. The molecule has 0 unspecified atom stereocenters. The fraction of sp³-hybridized carbons (Fsp3) is 0.333. The molecule has 0 aliphatic carbocycles. The second-order valence-electron chi connectivity index (χ2n) is 7.40. The lowest BCUT2D eigenvalue weighted by molar-refractivity contribution is -0.124. The minimum Gasteiger partial charge on any atom is -0.497 e. The Morgan fingerprint density at radius 2 is 1.90 bits per heavy atom. The summed E-state index contributed by atoms with van der Waals surface area (Å²) in [6, 6.07) is 11.8. The van der Waals surface area contributed by atoms with Crippen molar-refractivity contribution in [3.63, 3.8) is 0 Å². The maximum absolute atomic E-state index is 12.6. The van der Waals surface area contributed by atoms with E-state index >= 15 is 0 Å². The van der Waals surface area contributed by atoms with Gasteiger partial charge in [0.2, 0.25) is 5.78 Å². The van der Waals surface area contributed by atoms with Crippen LogP contribution in [0, 0.1) is 5.92 Å². The van der Waals surface area contributed by atoms with E-state index in [0.717, 1.165) is 17.7 Å². The van der Waals surface area contributed by atoms with Gasteiger partial charge in [0.05, 0.1) is 25.3 Å². The summed E-state index contributed by atoms with van der Waals surface area (Å²) in [5.74, 6) is 1.36. The van der Waals surface area contributed by atoms with E-state index in [4.69, 9.17) is 14.2 Å². The molecule has 0 bridgehead atoms. The zero-order valence-electron chi connectivity index (χ0n) is 17.9. The first kappa shape index (κ1) is 22.4. The zero-order valence-corrected chi connectivity index (χ0v) is 17.9. The number of methoxy groups -OCH3 is 1. The molecule has 164 valence electrons. The standard InChI is InChI=1S/C24H27NO6/c1-4-15(2)20(13-26)25-23(27)14-30-18-9-10-19-21(12-18)31-22(24(19)28)11-16-5-7-17(29-3)8-6-16/h5-12,15,20,26H,4,13-14H2,1-3H3,(H,25,27)/b22-11-/t15-,20+/m0/s1. The summed E-state index contributed by atoms with van der Waals surface area (Å²) in [6.45, 7) is 3.64. The molecule has 2 aromatic carbocycles. The first-order chi connectivity index (χ1) is 14.9. The average molecular weight is 425 g/mol. The Morgan fingerprint density at radius 1 is 1.19 bits per heavy atom. The van der Waals surface area contributed by atoms with E-state index in [1.165, 1.54) is 0 Å². The number of rotatable bonds is 9. The van der Waals surface area contributed by atoms with Crippen molar-refractivity contribution in [2.45, 2.75) is 26.3 Å². The molecule has 1 aliphatic rings. The number of aliphatic hydroxyl groups excluding tert-OH is 1. The number of hydrogen-bond donors (Lipinski definition) is 2. The van der Waals surface area contributed by atoms with E-state index in [2.05, 4.69) is 5.32 Å². The molecular weight excluding hydrogens is 398 g/mol. The van der Waals surface area contributed by atoms with E-state index < -0.39 is 0 Å². The van der Waals surface area contributed by atoms with Crippen molar-refractivity contribution in [1.29, 1.82) is 0 Å². The van der Waals surface area contributed by atoms with Gasteiger partial charge in [-0.2, -0.15) is 0 Å². The lowest BCUT2D eigenvalue weighted by Gasteiger charge is -2.22. The molecule has 2 N–H and O–H groups in total. The number of hydrogen-bond acceptors (Lipinski definition) is 6. The Kier molecular flexibility index (Phi) is 7.31. The second kappa shape index (κ2) is 10.1. The van der Waals surface area contributed by atoms with Gasteiger partial charge in [-0.15, -0.1) is 0 Å². The van der Waals surface area contributed by atoms with Crippen molar-refractivity contribution in [1.82, 2.24) is 5.32 Å². The van der Waals surface area contributed by atoms with Crippen molar-refractivity contribution in [2.75, 3.05) is 20.3 Å². The van der Waals surface area contributed by atoms with Crippen molar-refractivity contribution < 1.29 is 28.9 Å². The Balaban J connectivity index is 1.63. The third-order valence-corrected chi connectivity index (χ3v) is 5.30. The third-order valence-electron chi connectivity index (χ3n) is 5.30. The maximum Gasteiger partial charge on any atom is 0.258 e. The summed E-state index contributed by atoms with van der Waals surface area (Å²) < 4.78 is 16.4. The molecule has 0 spiro atoms. The predicted molar refractivity (Wildman–Crippen MR) is 116 cm³/mol. The minimum absolute atomic E-state index is 0.126. The van der Waals surface area contributed by atoms with Gasteiger partial charge in [0, 0.05) is 6.07 Å². The van der Waals surface area contributed by atoms with Gasteiger partial charge < -0.3 is 24.6 Å². The Morgan fingerprint density at radius 3 is 2.55 bits per heavy atom. The summed E-state index contributed by atoms with van der Waals surface area (Å²) in [6.07, 6.45) is 2.51. The summed E-state index contributed by atoms with van der Waals surface area (Å²) in [7, 11) is 1.59. The van der Waals surface area contributed by atoms with E-state index in [1.54, 1.807) is 43.5 Å². The Labute approximate surface area is 181 Å². The summed E-state index contributed by atoms with van der Waals surface area (Å²) >= 11 is 0. The van der Waals surface area contributed by atoms with Crippen LogP contribution in [-0.2, 0) is 4.79 Å². The molecule has 1 amide bonds. The van der Waals surface area contributed by atoms with Crippen LogP contribution in [0.4, 0.5) is 0 Å². The quantitative estimate of drug-likeness (QED) is 0.599. The Bertz CT molecular complexity index is 967. The smallest absolute Gasteiger partial charge is 0.258 e. The highest BCUT2D eigenvalue weighted by Gasteiger charge is 2.28. The third kappa shape index (κ3) is 5.44. The predicted octanol–water partition coefficient (Wildman–Crippen LogP) is 3.21. The van der Waals surface area contributed by atoms with Crippen LogP contribution in [0.25, 0.3) is 6.08 Å². The molecule has 0 fully saturated rings. The number of amides is 1. The molecule has 7 nitrogen and oxygen atoms in total. The molecule has 0 radical (unpaired) electrons. The summed E-state index contributed by atoms with van der Waals surface area (Å²) in [5, 5.41) is 12.2. The minimum atomic E-state index is -0.322. The second-order valence-corrected chi connectivity index (χ2v) is 7.40. The van der Waals surface area contributed by atoms with Crippen LogP contribution in [0.3, 0.4) is 0 Å². The van der Waals surface area contributed by atoms with E-state index in [0.29, 0.717) is 17.1 Å². The maximum atomic E-state index is 12.6. The van der Waals surface area contributed by atoms with Crippen LogP contribution in [-0.4, -0.2) is 43.2 Å². The molecular formula is C24H27NO6. The van der Waals surface area contributed by atoms with Crippen LogP contribution in [0.1, 0.15) is 36.2 Å². The number of nitrogens with one attached hydrogen (secondary N) is 1. The number of benzene rings is 2. The van der Waals surface area contributed by atoms with Crippen molar-refractivity contribution in [3.8, 4) is 17.2 Å². The number of ether oxygens (including phenoxy) is 3. The molecule has 2 aromatic rings. The van der Waals surface area contributed by atoms with Crippen LogP contribution < -0.4 is 19.5 Å². The number of carbonyl (C=O) groups is 2. The lowest BCUT2D eigenvalue weighted by atomic mass is 10.00. The molecule has 1 aliphatic heterocycles. The molecule has 0 saturated heterocycles. The van der Waals surface area contributed by atoms with Crippen LogP contribution in [0.5, 0.6) is 17.2 Å². The van der Waals surface area contributed by atoms with Gasteiger partial charge >= 0.3 is 0 Å². The van der Waals surface area contributed by atoms with Crippen LogP contribution in [0.15, 0.2) is 48.2 Å². The normalized spacial score (nSPS) is 15.7. The monoisotopic (exact) mass is 425 g/mol. The fourth-order valence-electron chi connectivity index (χ4n) is 3.16. The molecule has 2 atom stereocenters. The number of aliphatic hydroxyl groups is 1. The summed E-state index contributed by atoms with van der Waals surface area (Å²) in [4.78, 5) is 24.7. The number of ketones is 1. The number of Topliss-reactive ketones (excluding diaryl/α,β-unsaturated/α-hetero) is 1. The number of carbonyl (C=O) groups excluding carboxylic acids is 2. The van der Waals surface area contributed by atoms with Gasteiger partial charge in [-0.05, 0) is 41.8 Å². The molecule has 31 heavy (non-hydrogen) atoms. The molecule has 1 heterocycles. The van der Waals surface area contributed by atoms with Gasteiger partial charge in [-0.1, -0.05) is 32.4 Å². The molecule has 7 heteroatoms. The van der Waals surface area contributed by atoms with Gasteiger partial charge in [-0.3, -0.25) is 9.59 Å². The van der Waals surface area contributed by atoms with Crippen LogP contribution >= 0.6 is 0 Å². The van der Waals surface area contributed by atoms with Gasteiger partial charge in [0.1, 0.15) is 17.2 Å². The van der Waals surface area contributed by atoms with E-state index in [9.17, 15) is 14.7 Å². The highest BCUT2D eigenvalue weighted by molar-refractivity contribution is 6.14. The zero-order chi connectivity index (χ0) is 22.4. The van der Waals surface area contributed by atoms with Crippen molar-refractivity contribution in [2.24, 2.45) is 5.92 Å². The molecule has 0 aromatic heterocycles. The van der Waals surface area contributed by atoms with Crippen LogP contribution in [0.2, 0.25) is 0 Å². The van der Waals surface area contributed by atoms with Gasteiger partial charge in [0.25, 0.3) is 5.91 Å². The van der Waals surface area contributed by atoms with Gasteiger partial charge in [-0.25, -0.2) is 0 Å². The summed E-state index contributed by atoms with van der Waals surface area (Å²) in [5.41, 5.74) is 1.25. The fourth-order valence-corrected chi connectivity index (χ4v) is 3.16. The highest BCUT2D eigenvalue weighted by Crippen LogP contribution is 2.35. The van der Waals surface area contributed by atoms with Crippen molar-refractivity contribution >= 4 is 17.8 Å². The van der Waals surface area contributed by atoms with E-state index in [-0.39, 0.29) is 42.6 Å². The first-order valence-electron chi connectivity index (χ1n) is 10.2. The molecule has 3 rings (SSSR count). The van der Waals surface area contributed by atoms with Gasteiger partial charge in [0.15, 0.2) is 12.4 Å². The Hall–Kier alpha value is -3.32. The molecule has 0 saturated carbocycles. The van der Waals surface area contributed by atoms with E-state index in [1.807, 2.05) is 26.0 Å². The highest BCUT2D eigenvalue weighted by atomic mass is 16.5. The lowest BCUT2D eigenvalue weighted by Crippen LogP contribution is -2.43. The largest absolute Gasteiger partial charge is 0.497 e. The SMILES string of the molecule is CC[C@H](C)[C@@H](CO)NC(=O)COc1ccc2c(c1)O/C(=C\c1ccc(OC)cc1)C2=O. The van der Waals surface area contributed by atoms with Crippen molar-refractivity contribution in [3.05, 3.63) is 59.4 Å². The topological polar surface area (TPSA) is 94.1 Å². The average Bonchev–Trinajstić information content (AvgIpc) is 3.10. The number of fused-ring (bicyclic) bond motifs is 1. The number of allylic oxidation sites excluding steroid dienone is 1.